The van der Waals surface area contributed by atoms with E-state index in [9.17, 15) is 0 Å². The van der Waals surface area contributed by atoms with Crippen LogP contribution in [0.3, 0.4) is 0 Å². The van der Waals surface area contributed by atoms with Crippen LogP contribution in [0.15, 0.2) is 30.3 Å². The lowest BCUT2D eigenvalue weighted by Crippen LogP contribution is -2.10. The Morgan fingerprint density at radius 3 is 2.48 bits per heavy atom. The lowest BCUT2D eigenvalue weighted by molar-refractivity contribution is 0.414. The number of nitrogens with zero attached hydrogens (tertiary/aromatic N) is 2. The first-order valence-electron chi connectivity index (χ1n) is 8.17. The first-order valence-corrected chi connectivity index (χ1v) is 8.17. The molecular weight excluding hydrogens is 288 g/mol. The molecule has 0 aliphatic carbocycles. The summed E-state index contributed by atoms with van der Waals surface area (Å²) in [6, 6.07) is 10.1. The molecule has 0 fully saturated rings. The van der Waals surface area contributed by atoms with E-state index in [1.807, 2.05) is 25.1 Å². The van der Waals surface area contributed by atoms with Crippen molar-refractivity contribution in [2.75, 3.05) is 30.8 Å². The highest BCUT2D eigenvalue weighted by Gasteiger charge is 2.02. The molecule has 5 heteroatoms. The molecule has 2 rings (SSSR count). The van der Waals surface area contributed by atoms with Crippen LogP contribution in [-0.2, 0) is 6.42 Å². The van der Waals surface area contributed by atoms with Crippen LogP contribution in [0.25, 0.3) is 0 Å². The van der Waals surface area contributed by atoms with Crippen molar-refractivity contribution < 1.29 is 4.74 Å². The lowest BCUT2D eigenvalue weighted by atomic mass is 10.1. The molecule has 0 saturated carbocycles. The second-order valence-electron chi connectivity index (χ2n) is 5.49. The number of benzene rings is 1. The highest BCUT2D eigenvalue weighted by molar-refractivity contribution is 5.47. The van der Waals surface area contributed by atoms with Crippen molar-refractivity contribution >= 4 is 11.6 Å². The Labute approximate surface area is 138 Å². The van der Waals surface area contributed by atoms with Crippen molar-refractivity contribution in [2.24, 2.45) is 0 Å². The fourth-order valence-electron chi connectivity index (χ4n) is 2.30. The first-order chi connectivity index (χ1) is 11.2. The minimum absolute atomic E-state index is 0.773. The Morgan fingerprint density at radius 2 is 1.78 bits per heavy atom. The van der Waals surface area contributed by atoms with E-state index in [1.54, 1.807) is 7.11 Å². The number of aromatic nitrogens is 2. The summed E-state index contributed by atoms with van der Waals surface area (Å²) >= 11 is 0. The maximum atomic E-state index is 5.25. The SMILES string of the molecule is CCCCNc1cc(NCCc2cccc(OC)c2)nc(C)n1. The molecule has 0 amide bonds. The van der Waals surface area contributed by atoms with E-state index < -0.39 is 0 Å². The van der Waals surface area contributed by atoms with E-state index in [0.29, 0.717) is 0 Å². The normalized spacial score (nSPS) is 10.4. The van der Waals surface area contributed by atoms with Crippen LogP contribution in [0.4, 0.5) is 11.6 Å². The zero-order valence-electron chi connectivity index (χ0n) is 14.2. The van der Waals surface area contributed by atoms with Crippen molar-refractivity contribution in [2.45, 2.75) is 33.1 Å². The average molecular weight is 314 g/mol. The van der Waals surface area contributed by atoms with Crippen LogP contribution in [-0.4, -0.2) is 30.2 Å². The van der Waals surface area contributed by atoms with Crippen molar-refractivity contribution in [3.8, 4) is 5.75 Å². The van der Waals surface area contributed by atoms with Gasteiger partial charge in [-0.3, -0.25) is 0 Å². The van der Waals surface area contributed by atoms with Crippen molar-refractivity contribution in [1.82, 2.24) is 9.97 Å². The standard InChI is InChI=1S/C18H26N4O/c1-4-5-10-19-17-13-18(22-14(2)21-17)20-11-9-15-7-6-8-16(12-15)23-3/h6-8,12-13H,4-5,9-11H2,1-3H3,(H2,19,20,21,22). The predicted octanol–water partition coefficient (Wildman–Crippen LogP) is 3.66. The number of ether oxygens (including phenoxy) is 1. The van der Waals surface area contributed by atoms with Crippen LogP contribution in [0.5, 0.6) is 5.75 Å². The molecule has 0 saturated heterocycles. The van der Waals surface area contributed by atoms with Crippen LogP contribution >= 0.6 is 0 Å². The Morgan fingerprint density at radius 1 is 1.04 bits per heavy atom. The summed E-state index contributed by atoms with van der Waals surface area (Å²) in [5.74, 6) is 3.41. The Bertz CT molecular complexity index is 616. The van der Waals surface area contributed by atoms with Gasteiger partial charge in [-0.05, 0) is 37.5 Å². The molecule has 0 unspecified atom stereocenters. The zero-order chi connectivity index (χ0) is 16.5. The molecule has 1 heterocycles. The van der Waals surface area contributed by atoms with Gasteiger partial charge in [0.2, 0.25) is 0 Å². The van der Waals surface area contributed by atoms with Crippen molar-refractivity contribution in [3.63, 3.8) is 0 Å². The minimum Gasteiger partial charge on any atom is -0.497 e. The van der Waals surface area contributed by atoms with Gasteiger partial charge in [-0.25, -0.2) is 9.97 Å². The van der Waals surface area contributed by atoms with Gasteiger partial charge in [-0.1, -0.05) is 25.5 Å². The molecule has 1 aromatic carbocycles. The highest BCUT2D eigenvalue weighted by atomic mass is 16.5. The number of nitrogens with one attached hydrogen (secondary N) is 2. The first kappa shape index (κ1) is 17.1. The molecule has 0 aliphatic rings. The fourth-order valence-corrected chi connectivity index (χ4v) is 2.30. The number of unbranched alkanes of at least 4 members (excludes halogenated alkanes) is 1. The number of methoxy groups -OCH3 is 1. The summed E-state index contributed by atoms with van der Waals surface area (Å²) in [4.78, 5) is 8.86. The van der Waals surface area contributed by atoms with Crippen molar-refractivity contribution in [3.05, 3.63) is 41.7 Å². The fraction of sp³-hybridized carbons (Fsp3) is 0.444. The molecule has 0 atom stereocenters. The number of aryl methyl sites for hydroxylation is 1. The van der Waals surface area contributed by atoms with E-state index in [4.69, 9.17) is 4.74 Å². The molecule has 0 spiro atoms. The molecule has 23 heavy (non-hydrogen) atoms. The maximum absolute atomic E-state index is 5.25. The van der Waals surface area contributed by atoms with Crippen LogP contribution in [0.2, 0.25) is 0 Å². The molecule has 5 nitrogen and oxygen atoms in total. The number of hydrogen-bond donors (Lipinski definition) is 2. The number of anilines is 2. The summed E-state index contributed by atoms with van der Waals surface area (Å²) in [5.41, 5.74) is 1.24. The number of hydrogen-bond acceptors (Lipinski definition) is 5. The quantitative estimate of drug-likeness (QED) is 0.692. The van der Waals surface area contributed by atoms with E-state index in [2.05, 4.69) is 39.7 Å². The molecule has 0 radical (unpaired) electrons. The third-order valence-corrected chi connectivity index (χ3v) is 3.53. The molecular formula is C18H26N4O. The lowest BCUT2D eigenvalue weighted by Gasteiger charge is -2.10. The predicted molar refractivity (Wildman–Crippen MR) is 95.4 cm³/mol. The van der Waals surface area contributed by atoms with E-state index in [1.165, 1.54) is 12.0 Å². The zero-order valence-corrected chi connectivity index (χ0v) is 14.2. The summed E-state index contributed by atoms with van der Waals surface area (Å²) in [6.45, 7) is 5.85. The van der Waals surface area contributed by atoms with Crippen molar-refractivity contribution in [1.29, 1.82) is 0 Å². The van der Waals surface area contributed by atoms with Gasteiger partial charge in [-0.15, -0.1) is 0 Å². The highest BCUT2D eigenvalue weighted by Crippen LogP contribution is 2.14. The number of rotatable bonds is 9. The maximum Gasteiger partial charge on any atom is 0.131 e. The second-order valence-corrected chi connectivity index (χ2v) is 5.49. The summed E-state index contributed by atoms with van der Waals surface area (Å²) < 4.78 is 5.25. The topological polar surface area (TPSA) is 59.1 Å². The Balaban J connectivity index is 1.89. The van der Waals surface area contributed by atoms with Gasteiger partial charge < -0.3 is 15.4 Å². The monoisotopic (exact) mass is 314 g/mol. The minimum atomic E-state index is 0.773. The molecule has 1 aromatic heterocycles. The molecule has 0 bridgehead atoms. The molecule has 2 aromatic rings. The Hall–Kier alpha value is -2.30. The third-order valence-electron chi connectivity index (χ3n) is 3.53. The van der Waals surface area contributed by atoms with Crippen LogP contribution in [0, 0.1) is 6.92 Å². The summed E-state index contributed by atoms with van der Waals surface area (Å²) in [6.07, 6.45) is 3.23. The van der Waals surface area contributed by atoms with E-state index in [-0.39, 0.29) is 0 Å². The van der Waals surface area contributed by atoms with Gasteiger partial charge in [0.15, 0.2) is 0 Å². The van der Waals surface area contributed by atoms with E-state index in [0.717, 1.165) is 49.1 Å². The smallest absolute Gasteiger partial charge is 0.131 e. The van der Waals surface area contributed by atoms with Gasteiger partial charge in [0.05, 0.1) is 7.11 Å². The third kappa shape index (κ3) is 5.77. The largest absolute Gasteiger partial charge is 0.497 e. The van der Waals surface area contributed by atoms with Gasteiger partial charge >= 0.3 is 0 Å². The van der Waals surface area contributed by atoms with Gasteiger partial charge in [0.25, 0.3) is 0 Å². The summed E-state index contributed by atoms with van der Waals surface area (Å²) in [7, 11) is 1.69. The molecule has 2 N–H and O–H groups in total. The molecule has 0 aliphatic heterocycles. The van der Waals surface area contributed by atoms with Gasteiger partial charge in [-0.2, -0.15) is 0 Å². The van der Waals surface area contributed by atoms with Crippen LogP contribution < -0.4 is 15.4 Å². The second kappa shape index (κ2) is 8.98. The van der Waals surface area contributed by atoms with Crippen LogP contribution in [0.1, 0.15) is 31.2 Å². The Kier molecular flexibility index (Phi) is 6.66. The average Bonchev–Trinajstić information content (AvgIpc) is 2.55. The molecule has 124 valence electrons. The van der Waals surface area contributed by atoms with Gasteiger partial charge in [0.1, 0.15) is 23.2 Å². The summed E-state index contributed by atoms with van der Waals surface area (Å²) in [5, 5.41) is 6.71. The van der Waals surface area contributed by atoms with E-state index >= 15 is 0 Å². The van der Waals surface area contributed by atoms with Gasteiger partial charge in [0, 0.05) is 19.2 Å².